The zero-order valence-electron chi connectivity index (χ0n) is 14.9. The summed E-state index contributed by atoms with van der Waals surface area (Å²) in [4.78, 5) is 26.3. The summed E-state index contributed by atoms with van der Waals surface area (Å²) in [5.74, 6) is 0.773. The molecule has 4 rings (SSSR count). The van der Waals surface area contributed by atoms with Crippen LogP contribution in [0, 0.1) is 13.8 Å². The molecular formula is C19H16N4O2S2. The Morgan fingerprint density at radius 2 is 2.04 bits per heavy atom. The Labute approximate surface area is 164 Å². The van der Waals surface area contributed by atoms with E-state index in [0.29, 0.717) is 33.0 Å². The molecule has 0 unspecified atom stereocenters. The van der Waals surface area contributed by atoms with Crippen molar-refractivity contribution in [2.45, 2.75) is 18.9 Å². The summed E-state index contributed by atoms with van der Waals surface area (Å²) >= 11 is 2.85. The van der Waals surface area contributed by atoms with E-state index < -0.39 is 0 Å². The van der Waals surface area contributed by atoms with Crippen LogP contribution in [0.15, 0.2) is 46.0 Å². The number of thiazole rings is 1. The van der Waals surface area contributed by atoms with Gasteiger partial charge in [-0.3, -0.25) is 10.1 Å². The first-order chi connectivity index (χ1) is 13.0. The molecule has 0 aliphatic carbocycles. The maximum atomic E-state index is 12.9. The Hall–Kier alpha value is -2.71. The number of carbonyl (C=O) groups is 1. The van der Waals surface area contributed by atoms with Crippen LogP contribution in [0.3, 0.4) is 0 Å². The van der Waals surface area contributed by atoms with Crippen LogP contribution < -0.4 is 5.32 Å². The van der Waals surface area contributed by atoms with Crippen molar-refractivity contribution in [2.24, 2.45) is 0 Å². The molecule has 1 amide bonds. The number of furan rings is 1. The number of carbonyl (C=O) groups excluding carboxylic acids is 1. The molecule has 6 nitrogen and oxygen atoms in total. The van der Waals surface area contributed by atoms with Crippen molar-refractivity contribution in [3.05, 3.63) is 53.4 Å². The third kappa shape index (κ3) is 3.45. The van der Waals surface area contributed by atoms with Crippen LogP contribution in [0.4, 0.5) is 5.13 Å². The van der Waals surface area contributed by atoms with Gasteiger partial charge in [-0.15, -0.1) is 11.8 Å². The van der Waals surface area contributed by atoms with Crippen molar-refractivity contribution in [1.82, 2.24) is 15.0 Å². The van der Waals surface area contributed by atoms with Gasteiger partial charge in [0, 0.05) is 0 Å². The van der Waals surface area contributed by atoms with Crippen molar-refractivity contribution in [2.75, 3.05) is 11.6 Å². The number of benzene rings is 1. The number of amides is 1. The Kier molecular flexibility index (Phi) is 4.67. The van der Waals surface area contributed by atoms with Gasteiger partial charge in [0.05, 0.1) is 27.7 Å². The summed E-state index contributed by atoms with van der Waals surface area (Å²) < 4.78 is 6.41. The van der Waals surface area contributed by atoms with Crippen molar-refractivity contribution in [1.29, 1.82) is 0 Å². The van der Waals surface area contributed by atoms with Crippen LogP contribution in [-0.2, 0) is 0 Å². The predicted octanol–water partition coefficient (Wildman–Crippen LogP) is 4.94. The molecule has 0 fully saturated rings. The Morgan fingerprint density at radius 3 is 2.78 bits per heavy atom. The van der Waals surface area contributed by atoms with E-state index >= 15 is 0 Å². The molecule has 3 heterocycles. The fourth-order valence-electron chi connectivity index (χ4n) is 2.72. The molecule has 0 radical (unpaired) electrons. The lowest BCUT2D eigenvalue weighted by molar-refractivity contribution is 0.102. The van der Waals surface area contributed by atoms with Gasteiger partial charge in [0.15, 0.2) is 16.7 Å². The van der Waals surface area contributed by atoms with Crippen LogP contribution in [0.5, 0.6) is 0 Å². The first-order valence-electron chi connectivity index (χ1n) is 8.20. The molecule has 4 aromatic rings. The highest BCUT2D eigenvalue weighted by Crippen LogP contribution is 2.29. The number of rotatable bonds is 4. The van der Waals surface area contributed by atoms with Crippen LogP contribution in [0.2, 0.25) is 0 Å². The summed E-state index contributed by atoms with van der Waals surface area (Å²) in [7, 11) is 0. The van der Waals surface area contributed by atoms with Crippen LogP contribution >= 0.6 is 23.1 Å². The van der Waals surface area contributed by atoms with Crippen LogP contribution in [0.1, 0.15) is 21.6 Å². The van der Waals surface area contributed by atoms with Gasteiger partial charge in [-0.1, -0.05) is 17.4 Å². The topological polar surface area (TPSA) is 80.9 Å². The highest BCUT2D eigenvalue weighted by Gasteiger charge is 2.21. The van der Waals surface area contributed by atoms with Crippen molar-refractivity contribution in [3.8, 4) is 11.6 Å². The van der Waals surface area contributed by atoms with E-state index in [9.17, 15) is 4.79 Å². The second-order valence-corrected chi connectivity index (χ2v) is 7.76. The molecule has 0 atom stereocenters. The van der Waals surface area contributed by atoms with E-state index in [2.05, 4.69) is 26.3 Å². The molecule has 27 heavy (non-hydrogen) atoms. The standard InChI is InChI=1S/C19H16N4O2S2/c1-10-6-7-12-14(9-10)27-19(21-12)23-17(24)15-11(2)20-16(22-18(15)26-3)13-5-4-8-25-13/h4-9H,1-3H3,(H,21,23,24). The predicted molar refractivity (Wildman–Crippen MR) is 109 cm³/mol. The maximum absolute atomic E-state index is 12.9. The number of aromatic nitrogens is 3. The van der Waals surface area contributed by atoms with Gasteiger partial charge >= 0.3 is 0 Å². The fraction of sp³-hybridized carbons (Fsp3) is 0.158. The highest BCUT2D eigenvalue weighted by molar-refractivity contribution is 7.98. The number of fused-ring (bicyclic) bond motifs is 1. The zero-order valence-corrected chi connectivity index (χ0v) is 16.6. The third-order valence-corrected chi connectivity index (χ3v) is 5.60. The number of thioether (sulfide) groups is 1. The van der Waals surface area contributed by atoms with E-state index in [4.69, 9.17) is 4.42 Å². The van der Waals surface area contributed by atoms with Crippen LogP contribution in [-0.4, -0.2) is 27.1 Å². The molecule has 0 bridgehead atoms. The molecule has 8 heteroatoms. The van der Waals surface area contributed by atoms with Crippen molar-refractivity contribution < 1.29 is 9.21 Å². The first kappa shape index (κ1) is 17.7. The molecule has 3 aromatic heterocycles. The second-order valence-electron chi connectivity index (χ2n) is 5.94. The van der Waals surface area contributed by atoms with E-state index in [-0.39, 0.29) is 5.91 Å². The summed E-state index contributed by atoms with van der Waals surface area (Å²) in [6, 6.07) is 9.59. The fourth-order valence-corrected chi connectivity index (χ4v) is 4.30. The van der Waals surface area contributed by atoms with Gasteiger partial charge in [-0.2, -0.15) is 0 Å². The van der Waals surface area contributed by atoms with Gasteiger partial charge < -0.3 is 4.42 Å². The second kappa shape index (κ2) is 7.13. The van der Waals surface area contributed by atoms with Gasteiger partial charge in [0.2, 0.25) is 0 Å². The Morgan fingerprint density at radius 1 is 1.19 bits per heavy atom. The van der Waals surface area contributed by atoms with Gasteiger partial charge in [-0.05, 0) is 49.9 Å². The molecule has 1 aromatic carbocycles. The average molecular weight is 396 g/mol. The smallest absolute Gasteiger partial charge is 0.262 e. The minimum atomic E-state index is -0.265. The molecule has 0 aliphatic rings. The molecule has 0 spiro atoms. The minimum absolute atomic E-state index is 0.265. The summed E-state index contributed by atoms with van der Waals surface area (Å²) in [6.07, 6.45) is 3.45. The molecule has 0 saturated heterocycles. The Bertz CT molecular complexity index is 1140. The number of nitrogens with one attached hydrogen (secondary N) is 1. The SMILES string of the molecule is CSc1nc(-c2ccco2)nc(C)c1C(=O)Nc1nc2ccc(C)cc2s1. The number of hydrogen-bond donors (Lipinski definition) is 1. The zero-order chi connectivity index (χ0) is 19.0. The first-order valence-corrected chi connectivity index (χ1v) is 10.2. The number of anilines is 1. The lowest BCUT2D eigenvalue weighted by atomic mass is 10.2. The minimum Gasteiger partial charge on any atom is -0.461 e. The summed E-state index contributed by atoms with van der Waals surface area (Å²) in [5.41, 5.74) is 3.07. The molecule has 1 N–H and O–H groups in total. The highest BCUT2D eigenvalue weighted by atomic mass is 32.2. The van der Waals surface area contributed by atoms with E-state index in [0.717, 1.165) is 15.8 Å². The summed E-state index contributed by atoms with van der Waals surface area (Å²) in [5, 5.41) is 4.05. The third-order valence-electron chi connectivity index (χ3n) is 3.98. The Balaban J connectivity index is 1.68. The lowest BCUT2D eigenvalue weighted by Gasteiger charge is -2.10. The van der Waals surface area contributed by atoms with E-state index in [1.807, 2.05) is 25.3 Å². The largest absolute Gasteiger partial charge is 0.461 e. The molecule has 0 aliphatic heterocycles. The quantitative estimate of drug-likeness (QED) is 0.389. The normalized spacial score (nSPS) is 11.1. The van der Waals surface area contributed by atoms with Gasteiger partial charge in [0.1, 0.15) is 5.03 Å². The average Bonchev–Trinajstić information content (AvgIpc) is 3.29. The van der Waals surface area contributed by atoms with Crippen molar-refractivity contribution >= 4 is 44.4 Å². The number of nitrogens with zero attached hydrogens (tertiary/aromatic N) is 3. The lowest BCUT2D eigenvalue weighted by Crippen LogP contribution is -2.16. The maximum Gasteiger partial charge on any atom is 0.262 e. The van der Waals surface area contributed by atoms with E-state index in [1.165, 1.54) is 23.1 Å². The summed E-state index contributed by atoms with van der Waals surface area (Å²) in [6.45, 7) is 3.83. The molecular weight excluding hydrogens is 380 g/mol. The van der Waals surface area contributed by atoms with Crippen molar-refractivity contribution in [3.63, 3.8) is 0 Å². The monoisotopic (exact) mass is 396 g/mol. The van der Waals surface area contributed by atoms with Gasteiger partial charge in [0.25, 0.3) is 5.91 Å². The number of hydrogen-bond acceptors (Lipinski definition) is 7. The molecule has 0 saturated carbocycles. The van der Waals surface area contributed by atoms with Crippen LogP contribution in [0.25, 0.3) is 21.8 Å². The number of aryl methyl sites for hydroxylation is 2. The van der Waals surface area contributed by atoms with E-state index in [1.54, 1.807) is 25.3 Å². The molecule has 136 valence electrons. The van der Waals surface area contributed by atoms with Gasteiger partial charge in [-0.25, -0.2) is 15.0 Å².